The third-order valence-corrected chi connectivity index (χ3v) is 2.55. The Morgan fingerprint density at radius 2 is 1.62 bits per heavy atom. The molecule has 0 unspecified atom stereocenters. The van der Waals surface area contributed by atoms with Crippen LogP contribution in [0.15, 0.2) is 24.3 Å². The summed E-state index contributed by atoms with van der Waals surface area (Å²) >= 11 is 0. The fourth-order valence-corrected chi connectivity index (χ4v) is 1.17. The van der Waals surface area contributed by atoms with Gasteiger partial charge in [-0.2, -0.15) is 0 Å². The van der Waals surface area contributed by atoms with Crippen LogP contribution in [0.5, 0.6) is 5.75 Å². The average Bonchev–Trinajstić information content (AvgIpc) is 2.17. The molecular weight excluding hydrogens is 218 g/mol. The number of carboxylic acids is 1. The molecule has 0 aliphatic rings. The van der Waals surface area contributed by atoms with E-state index in [1.165, 1.54) is 0 Å². The SMILES string of the molecule is CC(C)(C(=O)O)C(F)(F)c1ccc(O)cc1. The van der Waals surface area contributed by atoms with Crippen molar-refractivity contribution < 1.29 is 23.8 Å². The molecular formula is C11H12F2O3. The molecule has 88 valence electrons. The van der Waals surface area contributed by atoms with Crippen molar-refractivity contribution in [1.82, 2.24) is 0 Å². The highest BCUT2D eigenvalue weighted by molar-refractivity contribution is 5.75. The predicted octanol–water partition coefficient (Wildman–Crippen LogP) is 2.59. The molecule has 0 aliphatic carbocycles. The van der Waals surface area contributed by atoms with Gasteiger partial charge in [-0.05, 0) is 38.1 Å². The van der Waals surface area contributed by atoms with Gasteiger partial charge in [-0.15, -0.1) is 0 Å². The Hall–Kier alpha value is -1.65. The first kappa shape index (κ1) is 12.4. The van der Waals surface area contributed by atoms with Gasteiger partial charge in [-0.3, -0.25) is 4.79 Å². The Kier molecular flexibility index (Phi) is 2.90. The predicted molar refractivity (Wildman–Crippen MR) is 53.4 cm³/mol. The zero-order valence-electron chi connectivity index (χ0n) is 8.87. The van der Waals surface area contributed by atoms with E-state index in [1.807, 2.05) is 0 Å². The molecule has 0 atom stereocenters. The maximum absolute atomic E-state index is 13.9. The van der Waals surface area contributed by atoms with E-state index >= 15 is 0 Å². The quantitative estimate of drug-likeness (QED) is 0.839. The van der Waals surface area contributed by atoms with Crippen molar-refractivity contribution in [2.75, 3.05) is 0 Å². The summed E-state index contributed by atoms with van der Waals surface area (Å²) in [6, 6.07) is 4.22. The Labute approximate surface area is 91.3 Å². The minimum absolute atomic E-state index is 0.146. The Balaban J connectivity index is 3.20. The molecule has 0 saturated carbocycles. The van der Waals surface area contributed by atoms with E-state index in [4.69, 9.17) is 10.2 Å². The molecule has 0 radical (unpaired) electrons. The van der Waals surface area contributed by atoms with Gasteiger partial charge in [0.15, 0.2) is 0 Å². The molecule has 1 aromatic rings. The fourth-order valence-electron chi connectivity index (χ4n) is 1.17. The summed E-state index contributed by atoms with van der Waals surface area (Å²) in [6.07, 6.45) is 0. The summed E-state index contributed by atoms with van der Waals surface area (Å²) in [4.78, 5) is 10.8. The lowest BCUT2D eigenvalue weighted by Crippen LogP contribution is -2.40. The average molecular weight is 230 g/mol. The number of carbonyl (C=O) groups is 1. The number of alkyl halides is 2. The smallest absolute Gasteiger partial charge is 0.315 e. The van der Waals surface area contributed by atoms with Crippen molar-refractivity contribution >= 4 is 5.97 Å². The van der Waals surface area contributed by atoms with Crippen molar-refractivity contribution in [3.63, 3.8) is 0 Å². The van der Waals surface area contributed by atoms with Gasteiger partial charge in [-0.1, -0.05) is 0 Å². The summed E-state index contributed by atoms with van der Waals surface area (Å²) in [5.41, 5.74) is -2.64. The van der Waals surface area contributed by atoms with Gasteiger partial charge in [-0.25, -0.2) is 8.78 Å². The Morgan fingerprint density at radius 1 is 1.19 bits per heavy atom. The van der Waals surface area contributed by atoms with Gasteiger partial charge in [0.25, 0.3) is 5.92 Å². The summed E-state index contributed by atoms with van der Waals surface area (Å²) in [6.45, 7) is 1.92. The van der Waals surface area contributed by atoms with Crippen LogP contribution in [-0.2, 0) is 10.7 Å². The van der Waals surface area contributed by atoms with E-state index < -0.39 is 22.9 Å². The van der Waals surface area contributed by atoms with Gasteiger partial charge in [0.05, 0.1) is 0 Å². The minimum atomic E-state index is -3.51. The number of halogens is 2. The second kappa shape index (κ2) is 3.73. The molecule has 0 spiro atoms. The van der Waals surface area contributed by atoms with Gasteiger partial charge >= 0.3 is 5.97 Å². The lowest BCUT2D eigenvalue weighted by Gasteiger charge is -2.30. The molecule has 3 nitrogen and oxygen atoms in total. The van der Waals surface area contributed by atoms with E-state index in [-0.39, 0.29) is 5.75 Å². The lowest BCUT2D eigenvalue weighted by atomic mass is 9.81. The van der Waals surface area contributed by atoms with E-state index in [1.54, 1.807) is 0 Å². The summed E-state index contributed by atoms with van der Waals surface area (Å²) in [5, 5.41) is 17.7. The highest BCUT2D eigenvalue weighted by Crippen LogP contribution is 2.45. The van der Waals surface area contributed by atoms with Gasteiger partial charge in [0.1, 0.15) is 11.2 Å². The first-order valence-corrected chi connectivity index (χ1v) is 4.60. The number of hydrogen-bond acceptors (Lipinski definition) is 2. The van der Waals surface area contributed by atoms with Crippen LogP contribution >= 0.6 is 0 Å². The minimum Gasteiger partial charge on any atom is -0.508 e. The van der Waals surface area contributed by atoms with E-state index in [0.29, 0.717) is 0 Å². The zero-order valence-corrected chi connectivity index (χ0v) is 8.87. The van der Waals surface area contributed by atoms with Crippen LogP contribution in [-0.4, -0.2) is 16.2 Å². The summed E-state index contributed by atoms with van der Waals surface area (Å²) < 4.78 is 27.7. The van der Waals surface area contributed by atoms with Crippen LogP contribution in [0, 0.1) is 5.41 Å². The van der Waals surface area contributed by atoms with Crippen LogP contribution < -0.4 is 0 Å². The van der Waals surface area contributed by atoms with Crippen molar-refractivity contribution in [3.05, 3.63) is 29.8 Å². The number of phenolic OH excluding ortho intramolecular Hbond substituents is 1. The van der Waals surface area contributed by atoms with Crippen LogP contribution in [0.2, 0.25) is 0 Å². The number of aliphatic carboxylic acids is 1. The van der Waals surface area contributed by atoms with Crippen molar-refractivity contribution in [1.29, 1.82) is 0 Å². The molecule has 1 aromatic carbocycles. The first-order chi connectivity index (χ1) is 7.19. The third kappa shape index (κ3) is 1.85. The molecule has 0 amide bonds. The van der Waals surface area contributed by atoms with Crippen LogP contribution in [0.4, 0.5) is 8.78 Å². The number of hydrogen-bond donors (Lipinski definition) is 2. The maximum Gasteiger partial charge on any atom is 0.315 e. The molecule has 16 heavy (non-hydrogen) atoms. The number of rotatable bonds is 3. The van der Waals surface area contributed by atoms with Gasteiger partial charge in [0, 0.05) is 5.56 Å². The monoisotopic (exact) mass is 230 g/mol. The molecule has 5 heteroatoms. The Bertz CT molecular complexity index is 396. The van der Waals surface area contributed by atoms with Crippen molar-refractivity contribution in [2.45, 2.75) is 19.8 Å². The maximum atomic E-state index is 13.9. The van der Waals surface area contributed by atoms with E-state index in [9.17, 15) is 13.6 Å². The second-order valence-corrected chi connectivity index (χ2v) is 4.05. The molecule has 0 aromatic heterocycles. The number of benzene rings is 1. The molecule has 2 N–H and O–H groups in total. The highest BCUT2D eigenvalue weighted by Gasteiger charge is 2.53. The molecule has 0 saturated heterocycles. The largest absolute Gasteiger partial charge is 0.508 e. The topological polar surface area (TPSA) is 57.5 Å². The second-order valence-electron chi connectivity index (χ2n) is 4.05. The van der Waals surface area contributed by atoms with Crippen LogP contribution in [0.3, 0.4) is 0 Å². The molecule has 0 heterocycles. The summed E-state index contributed by atoms with van der Waals surface area (Å²) in [5.74, 6) is -5.23. The van der Waals surface area contributed by atoms with Crippen molar-refractivity contribution in [2.24, 2.45) is 5.41 Å². The standard InChI is InChI=1S/C11H12F2O3/c1-10(2,9(15)16)11(12,13)7-3-5-8(14)6-4-7/h3-6,14H,1-2H3,(H,15,16). The molecule has 0 fully saturated rings. The fraction of sp³-hybridized carbons (Fsp3) is 0.364. The summed E-state index contributed by atoms with van der Waals surface area (Å²) in [7, 11) is 0. The van der Waals surface area contributed by atoms with Crippen LogP contribution in [0.1, 0.15) is 19.4 Å². The highest BCUT2D eigenvalue weighted by atomic mass is 19.3. The van der Waals surface area contributed by atoms with Crippen LogP contribution in [0.25, 0.3) is 0 Å². The lowest BCUT2D eigenvalue weighted by molar-refractivity contribution is -0.175. The third-order valence-electron chi connectivity index (χ3n) is 2.55. The molecule has 1 rings (SSSR count). The number of aromatic hydroxyl groups is 1. The molecule has 0 aliphatic heterocycles. The van der Waals surface area contributed by atoms with Crippen molar-refractivity contribution in [3.8, 4) is 5.75 Å². The zero-order chi connectivity index (χ0) is 12.6. The molecule has 0 bridgehead atoms. The van der Waals surface area contributed by atoms with E-state index in [0.717, 1.165) is 38.1 Å². The number of carboxylic acid groups (broad SMARTS) is 1. The van der Waals surface area contributed by atoms with Gasteiger partial charge < -0.3 is 10.2 Å². The van der Waals surface area contributed by atoms with Gasteiger partial charge in [0.2, 0.25) is 0 Å². The van der Waals surface area contributed by atoms with E-state index in [2.05, 4.69) is 0 Å². The normalized spacial score (nSPS) is 12.5. The first-order valence-electron chi connectivity index (χ1n) is 4.60. The number of phenols is 1. The Morgan fingerprint density at radius 3 is 2.00 bits per heavy atom.